The lowest BCUT2D eigenvalue weighted by molar-refractivity contribution is -0.167. The smallest absolute Gasteiger partial charge is 0.306 e. The maximum absolute atomic E-state index is 12.8. The molecule has 0 amide bonds. The Hall–Kier alpha value is -3.67. The van der Waals surface area contributed by atoms with Gasteiger partial charge in [0.15, 0.2) is 6.10 Å². The van der Waals surface area contributed by atoms with E-state index in [1.807, 2.05) is 0 Å². The van der Waals surface area contributed by atoms with Crippen LogP contribution in [0, 0.1) is 0 Å². The first-order chi connectivity index (χ1) is 31.0. The van der Waals surface area contributed by atoms with Gasteiger partial charge < -0.3 is 14.2 Å². The van der Waals surface area contributed by atoms with Crippen LogP contribution < -0.4 is 0 Å². The van der Waals surface area contributed by atoms with Gasteiger partial charge in [-0.05, 0) is 96.3 Å². The summed E-state index contributed by atoms with van der Waals surface area (Å²) < 4.78 is 16.7. The van der Waals surface area contributed by atoms with Gasteiger partial charge in [0.1, 0.15) is 13.2 Å². The van der Waals surface area contributed by atoms with Gasteiger partial charge in [-0.1, -0.05) is 208 Å². The SMILES string of the molecule is CC\C=C/C=C\C=C/CCCCCCCC(=O)OCC(COC(=O)CCCCCCCC/C=C\C/C=C\C/C=C\CC)OC(=O)CCCCC/C=C\C=C/CCCCCCCCC. The van der Waals surface area contributed by atoms with Gasteiger partial charge in [0.25, 0.3) is 0 Å². The lowest BCUT2D eigenvalue weighted by atomic mass is 10.1. The molecule has 0 radical (unpaired) electrons. The molecule has 0 aromatic heterocycles. The molecule has 0 aliphatic rings. The molecule has 0 aliphatic carbocycles. The number of allylic oxidation sites excluding steroid dienone is 16. The summed E-state index contributed by atoms with van der Waals surface area (Å²) in [5.41, 5.74) is 0. The second kappa shape index (κ2) is 51.0. The predicted molar refractivity (Wildman–Crippen MR) is 270 cm³/mol. The fraction of sp³-hybridized carbons (Fsp3) is 0.667. The molecule has 0 saturated carbocycles. The van der Waals surface area contributed by atoms with Gasteiger partial charge >= 0.3 is 17.9 Å². The molecular formula is C57H94O6. The van der Waals surface area contributed by atoms with Crippen molar-refractivity contribution in [1.82, 2.24) is 0 Å². The van der Waals surface area contributed by atoms with Crippen molar-refractivity contribution in [3.05, 3.63) is 97.2 Å². The minimum atomic E-state index is -0.806. The third kappa shape index (κ3) is 49.2. The summed E-state index contributed by atoms with van der Waals surface area (Å²) in [6, 6.07) is 0. The number of carbonyl (C=O) groups is 3. The number of hydrogen-bond donors (Lipinski definition) is 0. The van der Waals surface area contributed by atoms with Crippen LogP contribution in [0.3, 0.4) is 0 Å². The van der Waals surface area contributed by atoms with E-state index >= 15 is 0 Å². The normalized spacial score (nSPS) is 12.9. The van der Waals surface area contributed by atoms with Gasteiger partial charge in [0, 0.05) is 19.3 Å². The van der Waals surface area contributed by atoms with Crippen molar-refractivity contribution in [2.24, 2.45) is 0 Å². The van der Waals surface area contributed by atoms with E-state index in [0.29, 0.717) is 12.8 Å². The van der Waals surface area contributed by atoms with Gasteiger partial charge in [-0.3, -0.25) is 14.4 Å². The van der Waals surface area contributed by atoms with Gasteiger partial charge in [-0.15, -0.1) is 0 Å². The zero-order chi connectivity index (χ0) is 45.8. The van der Waals surface area contributed by atoms with Crippen LogP contribution in [0.25, 0.3) is 0 Å². The van der Waals surface area contributed by atoms with E-state index in [9.17, 15) is 14.4 Å². The van der Waals surface area contributed by atoms with Crippen LogP contribution in [0.5, 0.6) is 0 Å². The summed E-state index contributed by atoms with van der Waals surface area (Å²) in [5, 5.41) is 0. The number of ether oxygens (including phenoxy) is 3. The molecule has 0 fully saturated rings. The topological polar surface area (TPSA) is 78.9 Å². The highest BCUT2D eigenvalue weighted by molar-refractivity contribution is 5.71. The van der Waals surface area contributed by atoms with Crippen molar-refractivity contribution in [1.29, 1.82) is 0 Å². The van der Waals surface area contributed by atoms with Crippen molar-refractivity contribution < 1.29 is 28.6 Å². The molecule has 0 bridgehead atoms. The van der Waals surface area contributed by atoms with Crippen molar-refractivity contribution in [3.8, 4) is 0 Å². The standard InChI is InChI=1S/C57H94O6/c1-4-7-10-13-16-19-22-25-27-29-32-35-38-41-44-47-50-56(59)62-53-54(52-61-55(58)49-46-43-40-37-34-31-24-21-18-15-12-9-6-3)63-57(60)51-48-45-42-39-36-33-30-28-26-23-20-17-14-11-8-5-2/h7,9-10,12,15-16,18-19,21,24-25,27-28,30,33,36,54H,4-6,8,11,13-14,17,20,22-23,26,29,31-32,34-35,37-53H2,1-3H3/b10-7-,12-9-,18-15-,19-16-,24-21-,27-25-,30-28-,36-33-. The molecule has 0 heterocycles. The van der Waals surface area contributed by atoms with Gasteiger partial charge in [0.2, 0.25) is 0 Å². The Morgan fingerprint density at radius 2 is 0.698 bits per heavy atom. The lowest BCUT2D eigenvalue weighted by Gasteiger charge is -2.18. The number of rotatable bonds is 45. The number of esters is 3. The molecule has 0 aromatic rings. The Balaban J connectivity index is 4.49. The molecule has 63 heavy (non-hydrogen) atoms. The third-order valence-electron chi connectivity index (χ3n) is 10.6. The van der Waals surface area contributed by atoms with Gasteiger partial charge in [-0.2, -0.15) is 0 Å². The third-order valence-corrected chi connectivity index (χ3v) is 10.6. The highest BCUT2D eigenvalue weighted by Crippen LogP contribution is 2.13. The monoisotopic (exact) mass is 875 g/mol. The van der Waals surface area contributed by atoms with Crippen LogP contribution in [-0.4, -0.2) is 37.2 Å². The number of unbranched alkanes of at least 4 members (excludes halogenated alkanes) is 21. The second-order valence-corrected chi connectivity index (χ2v) is 16.8. The fourth-order valence-electron chi connectivity index (χ4n) is 6.80. The molecule has 0 spiro atoms. The Kier molecular flexibility index (Phi) is 48.0. The van der Waals surface area contributed by atoms with Crippen LogP contribution in [-0.2, 0) is 28.6 Å². The van der Waals surface area contributed by atoms with E-state index < -0.39 is 6.10 Å². The van der Waals surface area contributed by atoms with Crippen LogP contribution in [0.15, 0.2) is 97.2 Å². The molecule has 0 saturated heterocycles. The maximum atomic E-state index is 12.8. The summed E-state index contributed by atoms with van der Waals surface area (Å²) >= 11 is 0. The van der Waals surface area contributed by atoms with E-state index in [1.165, 1.54) is 57.8 Å². The Morgan fingerprint density at radius 3 is 1.17 bits per heavy atom. The highest BCUT2D eigenvalue weighted by Gasteiger charge is 2.19. The zero-order valence-electron chi connectivity index (χ0n) is 40.8. The van der Waals surface area contributed by atoms with Crippen molar-refractivity contribution in [2.45, 2.75) is 232 Å². The number of carbonyl (C=O) groups excluding carboxylic acids is 3. The van der Waals surface area contributed by atoms with Crippen LogP contribution >= 0.6 is 0 Å². The predicted octanol–water partition coefficient (Wildman–Crippen LogP) is 17.0. The molecule has 6 heteroatoms. The van der Waals surface area contributed by atoms with Gasteiger partial charge in [0.05, 0.1) is 0 Å². The summed E-state index contributed by atoms with van der Waals surface area (Å²) in [6.07, 6.45) is 66.8. The Labute approximate surface area is 387 Å². The Morgan fingerprint density at radius 1 is 0.349 bits per heavy atom. The highest BCUT2D eigenvalue weighted by atomic mass is 16.6. The molecule has 0 aromatic carbocycles. The average Bonchev–Trinajstić information content (AvgIpc) is 3.28. The van der Waals surface area contributed by atoms with Crippen molar-refractivity contribution in [3.63, 3.8) is 0 Å². The summed E-state index contributed by atoms with van der Waals surface area (Å²) in [5.74, 6) is -0.966. The quantitative estimate of drug-likeness (QED) is 0.0199. The van der Waals surface area contributed by atoms with Crippen LogP contribution in [0.1, 0.15) is 226 Å². The van der Waals surface area contributed by atoms with Crippen LogP contribution in [0.2, 0.25) is 0 Å². The number of hydrogen-bond acceptors (Lipinski definition) is 6. The minimum Gasteiger partial charge on any atom is -0.462 e. The van der Waals surface area contributed by atoms with Crippen molar-refractivity contribution >= 4 is 17.9 Å². The zero-order valence-corrected chi connectivity index (χ0v) is 40.8. The van der Waals surface area contributed by atoms with E-state index in [2.05, 4.69) is 118 Å². The second-order valence-electron chi connectivity index (χ2n) is 16.8. The van der Waals surface area contributed by atoms with E-state index in [1.54, 1.807) is 0 Å². The van der Waals surface area contributed by atoms with Gasteiger partial charge in [-0.25, -0.2) is 0 Å². The average molecular weight is 875 g/mol. The largest absolute Gasteiger partial charge is 0.462 e. The molecule has 1 atom stereocenters. The van der Waals surface area contributed by atoms with E-state index in [4.69, 9.17) is 14.2 Å². The summed E-state index contributed by atoms with van der Waals surface area (Å²) in [4.78, 5) is 38.0. The Bertz CT molecular complexity index is 1280. The van der Waals surface area contributed by atoms with E-state index in [0.717, 1.165) is 128 Å². The summed E-state index contributed by atoms with van der Waals surface area (Å²) in [6.45, 7) is 6.33. The minimum absolute atomic E-state index is 0.103. The van der Waals surface area contributed by atoms with Crippen LogP contribution in [0.4, 0.5) is 0 Å². The first-order valence-corrected chi connectivity index (χ1v) is 25.8. The molecule has 0 rings (SSSR count). The first-order valence-electron chi connectivity index (χ1n) is 25.8. The van der Waals surface area contributed by atoms with E-state index in [-0.39, 0.29) is 37.5 Å². The molecule has 358 valence electrons. The lowest BCUT2D eigenvalue weighted by Crippen LogP contribution is -2.30. The maximum Gasteiger partial charge on any atom is 0.306 e. The van der Waals surface area contributed by atoms with Crippen molar-refractivity contribution in [2.75, 3.05) is 13.2 Å². The molecule has 0 aliphatic heterocycles. The molecule has 0 N–H and O–H groups in total. The fourth-order valence-corrected chi connectivity index (χ4v) is 6.80. The summed E-state index contributed by atoms with van der Waals surface area (Å²) in [7, 11) is 0. The molecule has 1 unspecified atom stereocenters. The molecular weight excluding hydrogens is 781 g/mol. The molecule has 6 nitrogen and oxygen atoms in total. The first kappa shape index (κ1) is 59.3.